The van der Waals surface area contributed by atoms with Crippen LogP contribution in [0.3, 0.4) is 0 Å². The van der Waals surface area contributed by atoms with E-state index < -0.39 is 16.8 Å². The zero-order valence-corrected chi connectivity index (χ0v) is 10.3. The van der Waals surface area contributed by atoms with Crippen LogP contribution in [-0.2, 0) is 4.79 Å². The van der Waals surface area contributed by atoms with Crippen molar-refractivity contribution in [1.82, 2.24) is 0 Å². The van der Waals surface area contributed by atoms with Crippen molar-refractivity contribution >= 4 is 27.6 Å². The topological polar surface area (TPSA) is 103 Å². The largest absolute Gasteiger partial charge is 0.493 e. The van der Waals surface area contributed by atoms with E-state index in [0.29, 0.717) is 21.6 Å². The molecule has 1 heterocycles. The van der Waals surface area contributed by atoms with Gasteiger partial charge in [-0.3, -0.25) is 4.79 Å². The standard InChI is InChI=1S/C11H11NO5S/c1-16-7-2-5(6(4-12)10(13)14)3-8-9(7)17-11(15)18-8/h2-3,6H,4,12H2,1H3,(H,13,14). The minimum Gasteiger partial charge on any atom is -0.493 e. The van der Waals surface area contributed by atoms with Gasteiger partial charge in [0.1, 0.15) is 0 Å². The molecule has 1 atom stereocenters. The van der Waals surface area contributed by atoms with Gasteiger partial charge in [0.15, 0.2) is 11.3 Å². The molecule has 0 fully saturated rings. The fourth-order valence-corrected chi connectivity index (χ4v) is 2.43. The number of hydrogen-bond donors (Lipinski definition) is 2. The van der Waals surface area contributed by atoms with Crippen LogP contribution in [0.1, 0.15) is 11.5 Å². The molecule has 0 aliphatic carbocycles. The first-order valence-electron chi connectivity index (χ1n) is 5.11. The van der Waals surface area contributed by atoms with Crippen LogP contribution in [0.5, 0.6) is 5.75 Å². The van der Waals surface area contributed by atoms with E-state index in [2.05, 4.69) is 0 Å². The third-order valence-corrected chi connectivity index (χ3v) is 3.35. The molecule has 7 heteroatoms. The number of carboxylic acids is 1. The fourth-order valence-electron chi connectivity index (χ4n) is 1.70. The summed E-state index contributed by atoms with van der Waals surface area (Å²) in [6.07, 6.45) is 0. The number of ether oxygens (including phenoxy) is 1. The molecule has 0 aliphatic rings. The molecule has 0 amide bonds. The van der Waals surface area contributed by atoms with Crippen molar-refractivity contribution in [2.24, 2.45) is 5.73 Å². The number of fused-ring (bicyclic) bond motifs is 1. The van der Waals surface area contributed by atoms with E-state index in [1.807, 2.05) is 0 Å². The van der Waals surface area contributed by atoms with E-state index in [9.17, 15) is 9.59 Å². The molecular weight excluding hydrogens is 258 g/mol. The first-order valence-corrected chi connectivity index (χ1v) is 5.93. The molecule has 0 radical (unpaired) electrons. The van der Waals surface area contributed by atoms with Crippen LogP contribution in [0.25, 0.3) is 10.3 Å². The molecule has 6 nitrogen and oxygen atoms in total. The average Bonchev–Trinajstić information content (AvgIpc) is 2.68. The van der Waals surface area contributed by atoms with E-state index >= 15 is 0 Å². The second-order valence-electron chi connectivity index (χ2n) is 3.63. The van der Waals surface area contributed by atoms with Crippen LogP contribution in [-0.4, -0.2) is 24.7 Å². The normalized spacial score (nSPS) is 12.6. The van der Waals surface area contributed by atoms with Gasteiger partial charge in [-0.15, -0.1) is 0 Å². The van der Waals surface area contributed by atoms with Gasteiger partial charge in [0.25, 0.3) is 0 Å². The summed E-state index contributed by atoms with van der Waals surface area (Å²) in [4.78, 5) is 21.8. The van der Waals surface area contributed by atoms with Gasteiger partial charge in [-0.25, -0.2) is 4.79 Å². The lowest BCUT2D eigenvalue weighted by Gasteiger charge is -2.11. The molecule has 0 aliphatic heterocycles. The second-order valence-corrected chi connectivity index (χ2v) is 4.61. The van der Waals surface area contributed by atoms with Gasteiger partial charge < -0.3 is 20.0 Å². The lowest BCUT2D eigenvalue weighted by Crippen LogP contribution is -2.21. The molecular formula is C11H11NO5S. The summed E-state index contributed by atoms with van der Waals surface area (Å²) in [6, 6.07) is 3.13. The number of nitrogens with two attached hydrogens (primary N) is 1. The van der Waals surface area contributed by atoms with Crippen molar-refractivity contribution in [2.75, 3.05) is 13.7 Å². The molecule has 1 unspecified atom stereocenters. The Morgan fingerprint density at radius 1 is 1.61 bits per heavy atom. The Kier molecular flexibility index (Phi) is 3.35. The first-order chi connectivity index (χ1) is 8.56. The van der Waals surface area contributed by atoms with Crippen molar-refractivity contribution in [3.05, 3.63) is 27.4 Å². The summed E-state index contributed by atoms with van der Waals surface area (Å²) in [5, 5.41) is 9.06. The molecule has 0 bridgehead atoms. The number of hydrogen-bond acceptors (Lipinski definition) is 6. The van der Waals surface area contributed by atoms with Crippen LogP contribution in [0.2, 0.25) is 0 Å². The summed E-state index contributed by atoms with van der Waals surface area (Å²) in [5.74, 6) is -1.52. The Morgan fingerprint density at radius 2 is 2.33 bits per heavy atom. The summed E-state index contributed by atoms with van der Waals surface area (Å²) in [7, 11) is 1.43. The van der Waals surface area contributed by atoms with Gasteiger partial charge in [-0.2, -0.15) is 0 Å². The van der Waals surface area contributed by atoms with E-state index in [-0.39, 0.29) is 6.54 Å². The fraction of sp³-hybridized carbons (Fsp3) is 0.273. The Labute approximate surface area is 106 Å². The molecule has 0 spiro atoms. The maximum absolute atomic E-state index is 11.2. The van der Waals surface area contributed by atoms with Gasteiger partial charge in [0, 0.05) is 6.54 Å². The van der Waals surface area contributed by atoms with E-state index in [0.717, 1.165) is 11.3 Å². The number of methoxy groups -OCH3 is 1. The zero-order valence-electron chi connectivity index (χ0n) is 9.50. The number of carboxylic acid groups (broad SMARTS) is 1. The van der Waals surface area contributed by atoms with Crippen LogP contribution in [0, 0.1) is 0 Å². The van der Waals surface area contributed by atoms with E-state index in [1.165, 1.54) is 13.2 Å². The predicted molar refractivity (Wildman–Crippen MR) is 66.3 cm³/mol. The summed E-state index contributed by atoms with van der Waals surface area (Å²) in [5.41, 5.74) is 6.27. The SMILES string of the molecule is COc1cc(C(CN)C(=O)O)cc2sc(=O)oc12. The number of aliphatic carboxylic acids is 1. The third kappa shape index (κ3) is 2.09. The van der Waals surface area contributed by atoms with Crippen molar-refractivity contribution in [3.63, 3.8) is 0 Å². The van der Waals surface area contributed by atoms with Crippen molar-refractivity contribution < 1.29 is 19.1 Å². The number of carbonyl (C=O) groups is 1. The average molecular weight is 269 g/mol. The Morgan fingerprint density at radius 3 is 2.89 bits per heavy atom. The summed E-state index contributed by atoms with van der Waals surface area (Å²) < 4.78 is 10.6. The minimum atomic E-state index is -1.02. The molecule has 1 aromatic carbocycles. The molecule has 0 saturated heterocycles. The Balaban J connectivity index is 2.65. The number of rotatable bonds is 4. The van der Waals surface area contributed by atoms with Gasteiger partial charge >= 0.3 is 10.9 Å². The highest BCUT2D eigenvalue weighted by Crippen LogP contribution is 2.32. The van der Waals surface area contributed by atoms with Gasteiger partial charge in [0.05, 0.1) is 17.7 Å². The van der Waals surface area contributed by atoms with Crippen molar-refractivity contribution in [3.8, 4) is 5.75 Å². The lowest BCUT2D eigenvalue weighted by molar-refractivity contribution is -0.138. The second kappa shape index (κ2) is 4.79. The van der Waals surface area contributed by atoms with Crippen LogP contribution >= 0.6 is 11.3 Å². The Bertz CT molecular complexity index is 644. The lowest BCUT2D eigenvalue weighted by atomic mass is 9.99. The third-order valence-electron chi connectivity index (χ3n) is 2.58. The minimum absolute atomic E-state index is 0.0310. The van der Waals surface area contributed by atoms with Crippen LogP contribution < -0.4 is 15.4 Å². The molecule has 18 heavy (non-hydrogen) atoms. The molecule has 96 valence electrons. The first kappa shape index (κ1) is 12.6. The van der Waals surface area contributed by atoms with Crippen LogP contribution in [0.15, 0.2) is 21.3 Å². The Hall–Kier alpha value is -1.86. The maximum atomic E-state index is 11.2. The maximum Gasteiger partial charge on any atom is 0.396 e. The van der Waals surface area contributed by atoms with Crippen molar-refractivity contribution in [1.29, 1.82) is 0 Å². The quantitative estimate of drug-likeness (QED) is 0.858. The summed E-state index contributed by atoms with van der Waals surface area (Å²) >= 11 is 0.899. The van der Waals surface area contributed by atoms with Gasteiger partial charge in [-0.05, 0) is 17.7 Å². The van der Waals surface area contributed by atoms with Gasteiger partial charge in [-0.1, -0.05) is 11.3 Å². The molecule has 1 aromatic heterocycles. The van der Waals surface area contributed by atoms with E-state index in [1.54, 1.807) is 6.07 Å². The number of benzene rings is 1. The molecule has 3 N–H and O–H groups in total. The highest BCUT2D eigenvalue weighted by atomic mass is 32.1. The molecule has 2 aromatic rings. The molecule has 0 saturated carbocycles. The highest BCUT2D eigenvalue weighted by molar-refractivity contribution is 7.16. The smallest absolute Gasteiger partial charge is 0.396 e. The zero-order chi connectivity index (χ0) is 13.3. The van der Waals surface area contributed by atoms with Crippen LogP contribution in [0.4, 0.5) is 0 Å². The monoisotopic (exact) mass is 269 g/mol. The predicted octanol–water partition coefficient (Wildman–Crippen LogP) is 0.990. The van der Waals surface area contributed by atoms with Gasteiger partial charge in [0.2, 0.25) is 0 Å². The van der Waals surface area contributed by atoms with Crippen molar-refractivity contribution in [2.45, 2.75) is 5.92 Å². The van der Waals surface area contributed by atoms with E-state index in [4.69, 9.17) is 20.0 Å². The summed E-state index contributed by atoms with van der Waals surface area (Å²) in [6.45, 7) is -0.0310. The molecule has 2 rings (SSSR count). The highest BCUT2D eigenvalue weighted by Gasteiger charge is 2.21.